The number of carbonyl (C=O) groups excluding carboxylic acids is 1. The van der Waals surface area contributed by atoms with Gasteiger partial charge in [-0.1, -0.05) is 54.6 Å². The van der Waals surface area contributed by atoms with Crippen LogP contribution in [0.1, 0.15) is 22.4 Å². The molecule has 1 heterocycles. The van der Waals surface area contributed by atoms with Crippen LogP contribution in [0.15, 0.2) is 96.4 Å². The highest BCUT2D eigenvalue weighted by Crippen LogP contribution is 2.58. The van der Waals surface area contributed by atoms with Crippen LogP contribution in [0.2, 0.25) is 0 Å². The molecule has 0 atom stereocenters. The lowest BCUT2D eigenvalue weighted by Gasteiger charge is -2.27. The molecule has 0 saturated carbocycles. The number of aromatic nitrogens is 1. The van der Waals surface area contributed by atoms with Gasteiger partial charge >= 0.3 is 5.97 Å². The van der Waals surface area contributed by atoms with Gasteiger partial charge in [-0.15, -0.1) is 11.3 Å². The van der Waals surface area contributed by atoms with E-state index in [9.17, 15) is 4.79 Å². The summed E-state index contributed by atoms with van der Waals surface area (Å²) in [6.45, 7) is 2.16. The Morgan fingerprint density at radius 2 is 1.29 bits per heavy atom. The molecule has 0 aliphatic carbocycles. The van der Waals surface area contributed by atoms with Gasteiger partial charge in [-0.25, -0.2) is 9.78 Å². The van der Waals surface area contributed by atoms with E-state index in [1.807, 2.05) is 12.3 Å². The standard InChI is InChI=1S/C25H23NO2PS.BrH/c1-2-28-25(27)24-26-20(19-30-24)18-29(21-12-6-3-7-13-21,22-14-8-4-9-15-22)23-16-10-5-11-17-23;/h3-17,19H,2,18H2,1H3;1H/q+1;/p-1. The maximum Gasteiger partial charge on any atom is 0.367 e. The molecular formula is C25H23BrNO2PS. The highest BCUT2D eigenvalue weighted by molar-refractivity contribution is 7.95. The van der Waals surface area contributed by atoms with Gasteiger partial charge in [-0.2, -0.15) is 0 Å². The SMILES string of the molecule is CCOC(=O)c1nc(C[P+](c2ccccc2)(c2ccccc2)c2ccccc2)cs1.[Br-]. The topological polar surface area (TPSA) is 39.2 Å². The molecule has 0 aliphatic rings. The molecule has 31 heavy (non-hydrogen) atoms. The average molecular weight is 512 g/mol. The van der Waals surface area contributed by atoms with Crippen molar-refractivity contribution >= 4 is 40.5 Å². The smallest absolute Gasteiger partial charge is 0.367 e. The summed E-state index contributed by atoms with van der Waals surface area (Å²) in [7, 11) is -2.02. The summed E-state index contributed by atoms with van der Waals surface area (Å²) in [6.07, 6.45) is 0.751. The van der Waals surface area contributed by atoms with Crippen LogP contribution in [0.25, 0.3) is 0 Å². The van der Waals surface area contributed by atoms with Crippen LogP contribution in [0, 0.1) is 0 Å². The van der Waals surface area contributed by atoms with Crippen LogP contribution >= 0.6 is 18.6 Å². The van der Waals surface area contributed by atoms with E-state index in [1.165, 1.54) is 27.3 Å². The predicted molar refractivity (Wildman–Crippen MR) is 127 cm³/mol. The fraction of sp³-hybridized carbons (Fsp3) is 0.120. The van der Waals surface area contributed by atoms with Gasteiger partial charge in [0.25, 0.3) is 0 Å². The molecule has 3 nitrogen and oxygen atoms in total. The van der Waals surface area contributed by atoms with E-state index in [2.05, 4.69) is 96.0 Å². The number of esters is 1. The Labute approximate surface area is 198 Å². The van der Waals surface area contributed by atoms with Gasteiger partial charge in [0, 0.05) is 5.38 Å². The Morgan fingerprint density at radius 1 is 0.839 bits per heavy atom. The molecule has 3 aromatic carbocycles. The van der Waals surface area contributed by atoms with Crippen LogP contribution in [0.4, 0.5) is 0 Å². The molecule has 1 aromatic heterocycles. The van der Waals surface area contributed by atoms with Crippen molar-refractivity contribution < 1.29 is 26.5 Å². The van der Waals surface area contributed by atoms with E-state index >= 15 is 0 Å². The van der Waals surface area contributed by atoms with E-state index < -0.39 is 7.26 Å². The molecule has 0 unspecified atom stereocenters. The van der Waals surface area contributed by atoms with Crippen LogP contribution in [0.5, 0.6) is 0 Å². The minimum atomic E-state index is -2.02. The molecule has 0 spiro atoms. The molecule has 0 fully saturated rings. The van der Waals surface area contributed by atoms with Crippen molar-refractivity contribution in [2.75, 3.05) is 6.61 Å². The normalized spacial score (nSPS) is 10.9. The Kier molecular flexibility index (Phi) is 8.14. The molecule has 158 valence electrons. The molecule has 6 heteroatoms. The van der Waals surface area contributed by atoms with Gasteiger partial charge < -0.3 is 21.7 Å². The van der Waals surface area contributed by atoms with Crippen molar-refractivity contribution in [2.24, 2.45) is 0 Å². The van der Waals surface area contributed by atoms with E-state index in [4.69, 9.17) is 4.74 Å². The molecule has 4 rings (SSSR count). The van der Waals surface area contributed by atoms with Gasteiger partial charge in [0.15, 0.2) is 0 Å². The highest BCUT2D eigenvalue weighted by atomic mass is 79.9. The summed E-state index contributed by atoms with van der Waals surface area (Å²) in [5.41, 5.74) is 0.924. The molecule has 4 aromatic rings. The number of rotatable bonds is 7. The molecule has 0 amide bonds. The lowest BCUT2D eigenvalue weighted by molar-refractivity contribution is -0.0000238. The summed E-state index contributed by atoms with van der Waals surface area (Å²) in [4.78, 5) is 16.8. The number of carbonyl (C=O) groups is 1. The van der Waals surface area contributed by atoms with Crippen LogP contribution in [-0.2, 0) is 10.9 Å². The first-order valence-corrected chi connectivity index (χ1v) is 12.8. The van der Waals surface area contributed by atoms with Crippen molar-refractivity contribution in [3.8, 4) is 0 Å². The number of hydrogen-bond donors (Lipinski definition) is 0. The van der Waals surface area contributed by atoms with E-state index in [0.29, 0.717) is 11.6 Å². The third-order valence-electron chi connectivity index (χ3n) is 4.99. The van der Waals surface area contributed by atoms with Crippen LogP contribution in [-0.4, -0.2) is 17.6 Å². The van der Waals surface area contributed by atoms with Gasteiger partial charge in [0.05, 0.1) is 12.3 Å². The average Bonchev–Trinajstić information content (AvgIpc) is 3.28. The highest BCUT2D eigenvalue weighted by Gasteiger charge is 2.46. The van der Waals surface area contributed by atoms with Crippen molar-refractivity contribution in [3.63, 3.8) is 0 Å². The largest absolute Gasteiger partial charge is 1.00 e. The zero-order chi connectivity index (χ0) is 20.8. The third-order valence-corrected chi connectivity index (χ3v) is 10.2. The lowest BCUT2D eigenvalue weighted by atomic mass is 10.4. The number of ether oxygens (including phenoxy) is 1. The Hall–Kier alpha value is -2.33. The third kappa shape index (κ3) is 4.95. The second-order valence-corrected chi connectivity index (χ2v) is 11.2. The Bertz CT molecular complexity index is 1010. The first-order chi connectivity index (χ1) is 14.7. The number of nitrogens with zero attached hydrogens (tertiary/aromatic N) is 1. The zero-order valence-electron chi connectivity index (χ0n) is 17.1. The van der Waals surface area contributed by atoms with Gasteiger partial charge in [-0.05, 0) is 43.3 Å². The predicted octanol–water partition coefficient (Wildman–Crippen LogP) is 1.82. The van der Waals surface area contributed by atoms with E-state index in [0.717, 1.165) is 11.9 Å². The second-order valence-electron chi connectivity index (χ2n) is 6.84. The molecular weight excluding hydrogens is 489 g/mol. The number of benzene rings is 3. The number of halogens is 1. The summed E-state index contributed by atoms with van der Waals surface area (Å²) >= 11 is 1.36. The first-order valence-electron chi connectivity index (χ1n) is 9.90. The van der Waals surface area contributed by atoms with Gasteiger partial charge in [-0.3, -0.25) is 0 Å². The van der Waals surface area contributed by atoms with Gasteiger partial charge in [0.2, 0.25) is 5.01 Å². The van der Waals surface area contributed by atoms with Crippen molar-refractivity contribution in [1.82, 2.24) is 4.98 Å². The summed E-state index contributed by atoms with van der Waals surface area (Å²) in [6, 6.07) is 32.0. The number of thiazole rings is 1. The molecule has 0 saturated heterocycles. The van der Waals surface area contributed by atoms with Crippen molar-refractivity contribution in [2.45, 2.75) is 13.1 Å². The van der Waals surface area contributed by atoms with E-state index in [1.54, 1.807) is 0 Å². The fourth-order valence-corrected chi connectivity index (χ4v) is 8.64. The monoisotopic (exact) mass is 511 g/mol. The summed E-state index contributed by atoms with van der Waals surface area (Å²) in [5.74, 6) is -0.350. The Balaban J connectivity index is 0.00000272. The zero-order valence-corrected chi connectivity index (χ0v) is 20.4. The molecule has 0 aliphatic heterocycles. The minimum Gasteiger partial charge on any atom is -1.00 e. The van der Waals surface area contributed by atoms with Gasteiger partial charge in [0.1, 0.15) is 29.3 Å². The second kappa shape index (κ2) is 10.8. The van der Waals surface area contributed by atoms with Crippen molar-refractivity contribution in [3.05, 3.63) is 107 Å². The molecule has 0 bridgehead atoms. The van der Waals surface area contributed by atoms with Crippen molar-refractivity contribution in [1.29, 1.82) is 0 Å². The quantitative estimate of drug-likeness (QED) is 0.280. The maximum absolute atomic E-state index is 12.2. The summed E-state index contributed by atoms with van der Waals surface area (Å²) in [5, 5.41) is 6.31. The van der Waals surface area contributed by atoms with E-state index in [-0.39, 0.29) is 23.0 Å². The lowest BCUT2D eigenvalue weighted by Crippen LogP contribution is -3.00. The maximum atomic E-state index is 12.2. The minimum absolute atomic E-state index is 0. The molecule has 0 N–H and O–H groups in total. The Morgan fingerprint density at radius 3 is 1.71 bits per heavy atom. The first kappa shape index (κ1) is 23.3. The van der Waals surface area contributed by atoms with Crippen LogP contribution < -0.4 is 32.9 Å². The summed E-state index contributed by atoms with van der Waals surface area (Å²) < 4.78 is 5.14. The fourth-order valence-electron chi connectivity index (χ4n) is 3.68. The number of hydrogen-bond acceptors (Lipinski definition) is 4. The van der Waals surface area contributed by atoms with Crippen LogP contribution in [0.3, 0.4) is 0 Å². The molecule has 0 radical (unpaired) electrons.